The summed E-state index contributed by atoms with van der Waals surface area (Å²) in [4.78, 5) is 16.0. The van der Waals surface area contributed by atoms with E-state index in [1.807, 2.05) is 43.3 Å². The third kappa shape index (κ3) is 2.85. The largest absolute Gasteiger partial charge is 0.288 e. The second-order valence-corrected chi connectivity index (χ2v) is 4.02. The van der Waals surface area contributed by atoms with Crippen LogP contribution in [0.3, 0.4) is 0 Å². The van der Waals surface area contributed by atoms with Gasteiger partial charge in [0.2, 0.25) is 0 Å². The van der Waals surface area contributed by atoms with Gasteiger partial charge in [-0.1, -0.05) is 18.2 Å². The average molecular weight is 241 g/mol. The van der Waals surface area contributed by atoms with Crippen molar-refractivity contribution in [3.63, 3.8) is 0 Å². The van der Waals surface area contributed by atoms with E-state index in [0.717, 1.165) is 11.4 Å². The number of hydrogen-bond donors (Lipinski definition) is 1. The first-order valence-corrected chi connectivity index (χ1v) is 5.69. The molecule has 4 nitrogen and oxygen atoms in total. The Balaban J connectivity index is 2.06. The number of hydrogen-bond acceptors (Lipinski definition) is 3. The lowest BCUT2D eigenvalue weighted by molar-refractivity contribution is 0.0951. The molecule has 0 aliphatic rings. The molecular weight excluding hydrogens is 226 g/mol. The normalized spacial score (nSPS) is 9.89. The van der Waals surface area contributed by atoms with Crippen molar-refractivity contribution in [2.45, 2.75) is 6.92 Å². The molecule has 0 saturated heterocycles. The summed E-state index contributed by atoms with van der Waals surface area (Å²) >= 11 is 0. The van der Waals surface area contributed by atoms with Gasteiger partial charge < -0.3 is 0 Å². The van der Waals surface area contributed by atoms with Gasteiger partial charge in [-0.15, -0.1) is 0 Å². The molecule has 1 amide bonds. The second kappa shape index (κ2) is 5.31. The third-order valence-electron chi connectivity index (χ3n) is 2.59. The Morgan fingerprint density at radius 3 is 2.50 bits per heavy atom. The van der Waals surface area contributed by atoms with E-state index in [0.29, 0.717) is 5.56 Å². The molecule has 1 aromatic carbocycles. The van der Waals surface area contributed by atoms with Crippen LogP contribution in [0.15, 0.2) is 48.7 Å². The Morgan fingerprint density at radius 1 is 1.17 bits per heavy atom. The van der Waals surface area contributed by atoms with Gasteiger partial charge in [0.05, 0.1) is 11.3 Å². The number of rotatable bonds is 3. The van der Waals surface area contributed by atoms with Crippen LogP contribution in [0.5, 0.6) is 0 Å². The van der Waals surface area contributed by atoms with E-state index in [1.54, 1.807) is 24.3 Å². The summed E-state index contributed by atoms with van der Waals surface area (Å²) in [5.74, 6) is -0.172. The average Bonchev–Trinajstić information content (AvgIpc) is 2.40. The van der Waals surface area contributed by atoms with Gasteiger partial charge in [-0.3, -0.25) is 20.2 Å². The van der Waals surface area contributed by atoms with E-state index < -0.39 is 0 Å². The molecule has 0 atom stereocenters. The molecule has 18 heavy (non-hydrogen) atoms. The van der Waals surface area contributed by atoms with Crippen LogP contribution in [0, 0.1) is 6.92 Å². The van der Waals surface area contributed by atoms with Crippen LogP contribution >= 0.6 is 0 Å². The molecule has 0 aliphatic heterocycles. The Labute approximate surface area is 106 Å². The summed E-state index contributed by atoms with van der Waals surface area (Å²) in [7, 11) is 1.80. The Kier molecular flexibility index (Phi) is 3.57. The third-order valence-corrected chi connectivity index (χ3v) is 2.59. The molecule has 1 N–H and O–H groups in total. The summed E-state index contributed by atoms with van der Waals surface area (Å²) in [6.07, 6.45) is 1.57. The lowest BCUT2D eigenvalue weighted by Gasteiger charge is -2.20. The molecular formula is C14H15N3O. The number of aryl methyl sites for hydroxylation is 1. The molecule has 1 heterocycles. The van der Waals surface area contributed by atoms with Gasteiger partial charge in [-0.05, 0) is 31.2 Å². The van der Waals surface area contributed by atoms with Gasteiger partial charge in [0.1, 0.15) is 0 Å². The molecule has 0 fully saturated rings. The zero-order valence-electron chi connectivity index (χ0n) is 10.4. The van der Waals surface area contributed by atoms with E-state index in [1.165, 1.54) is 0 Å². The van der Waals surface area contributed by atoms with Crippen LogP contribution in [-0.4, -0.2) is 17.9 Å². The van der Waals surface area contributed by atoms with Gasteiger partial charge in [-0.25, -0.2) is 0 Å². The van der Waals surface area contributed by atoms with Gasteiger partial charge in [0, 0.05) is 18.9 Å². The maximum absolute atomic E-state index is 11.9. The summed E-state index contributed by atoms with van der Waals surface area (Å²) < 4.78 is 0. The number of pyridine rings is 1. The highest BCUT2D eigenvalue weighted by Gasteiger charge is 2.08. The van der Waals surface area contributed by atoms with Gasteiger partial charge >= 0.3 is 0 Å². The summed E-state index contributed by atoms with van der Waals surface area (Å²) in [6, 6.07) is 13.2. The molecule has 92 valence electrons. The lowest BCUT2D eigenvalue weighted by Crippen LogP contribution is -2.39. The minimum Gasteiger partial charge on any atom is -0.288 e. The first-order valence-electron chi connectivity index (χ1n) is 5.69. The van der Waals surface area contributed by atoms with Gasteiger partial charge in [0.25, 0.3) is 5.91 Å². The Hall–Kier alpha value is -2.36. The Bertz CT molecular complexity index is 522. The molecule has 1 aromatic heterocycles. The molecule has 0 aliphatic carbocycles. The number of nitrogens with one attached hydrogen (secondary N) is 1. The standard InChI is InChI=1S/C14H15N3O/c1-11-8-9-12(10-15-11)14(18)16-17(2)13-6-4-3-5-7-13/h3-10H,1-2H3,(H,16,18). The number of nitrogens with zero attached hydrogens (tertiary/aromatic N) is 2. The van der Waals surface area contributed by atoms with E-state index in [9.17, 15) is 4.79 Å². The number of carbonyl (C=O) groups excluding carboxylic acids is 1. The molecule has 4 heteroatoms. The number of hydrazine groups is 1. The van der Waals surface area contributed by atoms with Gasteiger partial charge in [0.15, 0.2) is 0 Å². The first-order chi connectivity index (χ1) is 8.66. The fourth-order valence-corrected chi connectivity index (χ4v) is 1.54. The number of aromatic nitrogens is 1. The van der Waals surface area contributed by atoms with Crippen LogP contribution in [0.25, 0.3) is 0 Å². The quantitative estimate of drug-likeness (QED) is 0.838. The van der Waals surface area contributed by atoms with Crippen LogP contribution in [0.4, 0.5) is 5.69 Å². The first kappa shape index (κ1) is 12.1. The monoisotopic (exact) mass is 241 g/mol. The molecule has 0 unspecified atom stereocenters. The van der Waals surface area contributed by atoms with Crippen molar-refractivity contribution in [1.82, 2.24) is 10.4 Å². The number of carbonyl (C=O) groups is 1. The molecule has 2 rings (SSSR count). The maximum Gasteiger partial charge on any atom is 0.271 e. The number of benzene rings is 1. The highest BCUT2D eigenvalue weighted by molar-refractivity contribution is 5.94. The second-order valence-electron chi connectivity index (χ2n) is 4.02. The number of amides is 1. The van der Waals surface area contributed by atoms with Crippen LogP contribution in [0.2, 0.25) is 0 Å². The van der Waals surface area contributed by atoms with Crippen LogP contribution in [0.1, 0.15) is 16.1 Å². The molecule has 2 aromatic rings. The predicted octanol–water partition coefficient (Wildman–Crippen LogP) is 2.17. The zero-order valence-corrected chi connectivity index (χ0v) is 10.4. The molecule has 0 bridgehead atoms. The zero-order chi connectivity index (χ0) is 13.0. The molecule has 0 spiro atoms. The number of anilines is 1. The van der Waals surface area contributed by atoms with Crippen LogP contribution < -0.4 is 10.4 Å². The van der Waals surface area contributed by atoms with E-state index in [2.05, 4.69) is 10.4 Å². The summed E-state index contributed by atoms with van der Waals surface area (Å²) in [6.45, 7) is 1.89. The van der Waals surface area contributed by atoms with Crippen molar-refractivity contribution in [3.05, 3.63) is 59.9 Å². The van der Waals surface area contributed by atoms with Crippen molar-refractivity contribution < 1.29 is 4.79 Å². The topological polar surface area (TPSA) is 45.2 Å². The van der Waals surface area contributed by atoms with Crippen molar-refractivity contribution in [3.8, 4) is 0 Å². The van der Waals surface area contributed by atoms with E-state index in [4.69, 9.17) is 0 Å². The lowest BCUT2D eigenvalue weighted by atomic mass is 10.2. The van der Waals surface area contributed by atoms with Gasteiger partial charge in [-0.2, -0.15) is 0 Å². The fourth-order valence-electron chi connectivity index (χ4n) is 1.54. The smallest absolute Gasteiger partial charge is 0.271 e. The Morgan fingerprint density at radius 2 is 1.89 bits per heavy atom. The van der Waals surface area contributed by atoms with Crippen molar-refractivity contribution in [1.29, 1.82) is 0 Å². The highest BCUT2D eigenvalue weighted by Crippen LogP contribution is 2.09. The summed E-state index contributed by atoms with van der Waals surface area (Å²) in [5, 5.41) is 1.68. The van der Waals surface area contributed by atoms with Crippen molar-refractivity contribution in [2.24, 2.45) is 0 Å². The van der Waals surface area contributed by atoms with Crippen molar-refractivity contribution in [2.75, 3.05) is 12.1 Å². The van der Waals surface area contributed by atoms with Crippen LogP contribution in [-0.2, 0) is 0 Å². The van der Waals surface area contributed by atoms with Crippen molar-refractivity contribution >= 4 is 11.6 Å². The molecule has 0 saturated carbocycles. The number of para-hydroxylation sites is 1. The minimum atomic E-state index is -0.172. The van der Waals surface area contributed by atoms with E-state index >= 15 is 0 Å². The highest BCUT2D eigenvalue weighted by atomic mass is 16.2. The van der Waals surface area contributed by atoms with E-state index in [-0.39, 0.29) is 5.91 Å². The SMILES string of the molecule is Cc1ccc(C(=O)NN(C)c2ccccc2)cn1. The maximum atomic E-state index is 11.9. The predicted molar refractivity (Wildman–Crippen MR) is 71.3 cm³/mol. The minimum absolute atomic E-state index is 0.172. The fraction of sp³-hybridized carbons (Fsp3) is 0.143. The molecule has 0 radical (unpaired) electrons. The summed E-state index contributed by atoms with van der Waals surface area (Å²) in [5.41, 5.74) is 5.14.